The molecule has 2 aromatic carbocycles. The largest absolute Gasteiger partial charge is 0.354 e. The fraction of sp³-hybridized carbons (Fsp3) is 0.308. The molecule has 2 heterocycles. The van der Waals surface area contributed by atoms with E-state index in [4.69, 9.17) is 0 Å². The Hall–Kier alpha value is -3.48. The molecule has 1 aliphatic carbocycles. The Bertz CT molecular complexity index is 1210. The number of nitrogens with one attached hydrogen (secondary N) is 3. The first-order chi connectivity index (χ1) is 15.9. The first-order valence-corrected chi connectivity index (χ1v) is 11.2. The lowest BCUT2D eigenvalue weighted by Crippen LogP contribution is -2.41. The zero-order valence-corrected chi connectivity index (χ0v) is 18.3. The summed E-state index contributed by atoms with van der Waals surface area (Å²) in [6.07, 6.45) is 2.54. The van der Waals surface area contributed by atoms with E-state index in [9.17, 15) is 18.4 Å². The SMILES string of the molecule is Cc1c(-c2ccc(F)cc2)[nH]c(-c2ccc(F)cc2)c1C1(CC(=O)NC2CCNC2=O)CC1. The van der Waals surface area contributed by atoms with Crippen molar-refractivity contribution < 1.29 is 18.4 Å². The van der Waals surface area contributed by atoms with Gasteiger partial charge in [-0.05, 0) is 97.0 Å². The highest BCUT2D eigenvalue weighted by Gasteiger charge is 2.49. The predicted octanol–water partition coefficient (Wildman–Crippen LogP) is 4.36. The second-order valence-corrected chi connectivity index (χ2v) is 9.05. The van der Waals surface area contributed by atoms with E-state index >= 15 is 0 Å². The standard InChI is InChI=1S/C26H25F2N3O2/c1-15-22(26(11-12-26)14-21(32)30-20-10-13-29-25(20)33)24(17-4-8-19(28)9-5-17)31-23(15)16-2-6-18(27)7-3-16/h2-9,20,31H,10-14H2,1H3,(H,29,33)(H,30,32). The van der Waals surface area contributed by atoms with E-state index in [-0.39, 0.29) is 35.3 Å². The van der Waals surface area contributed by atoms with Gasteiger partial charge >= 0.3 is 0 Å². The number of hydrogen-bond donors (Lipinski definition) is 3. The lowest BCUT2D eigenvalue weighted by molar-refractivity contribution is -0.127. The number of aromatic nitrogens is 1. The van der Waals surface area contributed by atoms with E-state index in [1.54, 1.807) is 24.3 Å². The van der Waals surface area contributed by atoms with Gasteiger partial charge in [0.05, 0.1) is 0 Å². The molecule has 5 rings (SSSR count). The van der Waals surface area contributed by atoms with Gasteiger partial charge in [0.15, 0.2) is 0 Å². The predicted molar refractivity (Wildman–Crippen MR) is 121 cm³/mol. The summed E-state index contributed by atoms with van der Waals surface area (Å²) in [6.45, 7) is 2.57. The van der Waals surface area contributed by atoms with Gasteiger partial charge in [-0.25, -0.2) is 8.78 Å². The third kappa shape index (κ3) is 4.03. The van der Waals surface area contributed by atoms with Crippen LogP contribution in [0.3, 0.4) is 0 Å². The molecule has 1 aromatic heterocycles. The maximum Gasteiger partial charge on any atom is 0.242 e. The molecule has 5 nitrogen and oxygen atoms in total. The minimum Gasteiger partial charge on any atom is -0.354 e. The van der Waals surface area contributed by atoms with Crippen LogP contribution in [0.2, 0.25) is 0 Å². The lowest BCUT2D eigenvalue weighted by Gasteiger charge is -2.19. The number of H-pyrrole nitrogens is 1. The van der Waals surface area contributed by atoms with E-state index in [0.29, 0.717) is 13.0 Å². The Kier molecular flexibility index (Phi) is 5.27. The third-order valence-corrected chi connectivity index (χ3v) is 6.78. The summed E-state index contributed by atoms with van der Waals surface area (Å²) in [5, 5.41) is 5.61. The smallest absolute Gasteiger partial charge is 0.242 e. The third-order valence-electron chi connectivity index (χ3n) is 6.78. The van der Waals surface area contributed by atoms with Crippen molar-refractivity contribution in [3.8, 4) is 22.5 Å². The fourth-order valence-electron chi connectivity index (χ4n) is 4.95. The minimum atomic E-state index is -0.480. The van der Waals surface area contributed by atoms with Crippen LogP contribution in [-0.4, -0.2) is 29.4 Å². The second-order valence-electron chi connectivity index (χ2n) is 9.05. The van der Waals surface area contributed by atoms with E-state index in [0.717, 1.165) is 46.5 Å². The van der Waals surface area contributed by atoms with Crippen LogP contribution in [0.25, 0.3) is 22.5 Å². The van der Waals surface area contributed by atoms with E-state index in [1.165, 1.54) is 24.3 Å². The van der Waals surface area contributed by atoms with Crippen LogP contribution in [-0.2, 0) is 15.0 Å². The van der Waals surface area contributed by atoms with E-state index < -0.39 is 6.04 Å². The lowest BCUT2D eigenvalue weighted by atomic mass is 9.86. The molecule has 170 valence electrons. The number of carbonyl (C=O) groups excluding carboxylic acids is 2. The summed E-state index contributed by atoms with van der Waals surface area (Å²) >= 11 is 0. The number of amides is 2. The van der Waals surface area contributed by atoms with Crippen molar-refractivity contribution in [1.29, 1.82) is 0 Å². The van der Waals surface area contributed by atoms with Gasteiger partial charge in [0.2, 0.25) is 11.8 Å². The number of benzene rings is 2. The Morgan fingerprint density at radius 2 is 1.58 bits per heavy atom. The zero-order valence-electron chi connectivity index (χ0n) is 18.3. The molecule has 1 saturated carbocycles. The first-order valence-electron chi connectivity index (χ1n) is 11.2. The Morgan fingerprint density at radius 1 is 1.00 bits per heavy atom. The number of halogens is 2. The normalized spacial score (nSPS) is 18.8. The van der Waals surface area contributed by atoms with Crippen molar-refractivity contribution in [3.05, 3.63) is 71.3 Å². The van der Waals surface area contributed by atoms with Gasteiger partial charge in [0, 0.05) is 29.8 Å². The summed E-state index contributed by atoms with van der Waals surface area (Å²) in [7, 11) is 0. The molecule has 1 atom stereocenters. The molecule has 33 heavy (non-hydrogen) atoms. The quantitative estimate of drug-likeness (QED) is 0.523. The zero-order chi connectivity index (χ0) is 23.2. The van der Waals surface area contributed by atoms with Crippen molar-refractivity contribution >= 4 is 11.8 Å². The highest BCUT2D eigenvalue weighted by Crippen LogP contribution is 2.56. The number of aromatic amines is 1. The molecular formula is C26H25F2N3O2. The Morgan fingerprint density at radius 3 is 2.09 bits per heavy atom. The maximum absolute atomic E-state index is 13.6. The van der Waals surface area contributed by atoms with Crippen molar-refractivity contribution in [1.82, 2.24) is 15.6 Å². The topological polar surface area (TPSA) is 74.0 Å². The molecule has 2 fully saturated rings. The van der Waals surface area contributed by atoms with Gasteiger partial charge in [-0.15, -0.1) is 0 Å². The van der Waals surface area contributed by atoms with Crippen molar-refractivity contribution in [2.24, 2.45) is 0 Å². The van der Waals surface area contributed by atoms with Gasteiger partial charge in [0.1, 0.15) is 17.7 Å². The summed E-state index contributed by atoms with van der Waals surface area (Å²) in [5.74, 6) is -0.925. The number of hydrogen-bond acceptors (Lipinski definition) is 2. The number of rotatable bonds is 6. The molecule has 0 radical (unpaired) electrons. The summed E-state index contributed by atoms with van der Waals surface area (Å²) < 4.78 is 27.1. The molecule has 7 heteroatoms. The van der Waals surface area contributed by atoms with Crippen LogP contribution >= 0.6 is 0 Å². The highest BCUT2D eigenvalue weighted by atomic mass is 19.1. The van der Waals surface area contributed by atoms with Crippen molar-refractivity contribution in [2.75, 3.05) is 6.54 Å². The average molecular weight is 450 g/mol. The summed E-state index contributed by atoms with van der Waals surface area (Å²) in [6, 6.07) is 12.1. The van der Waals surface area contributed by atoms with Gasteiger partial charge in [-0.1, -0.05) is 0 Å². The van der Waals surface area contributed by atoms with Crippen LogP contribution in [0.4, 0.5) is 8.78 Å². The Balaban J connectivity index is 1.53. The van der Waals surface area contributed by atoms with Gasteiger partial charge in [-0.3, -0.25) is 9.59 Å². The molecule has 0 spiro atoms. The van der Waals surface area contributed by atoms with Crippen LogP contribution in [0.1, 0.15) is 36.8 Å². The molecule has 0 bridgehead atoms. The van der Waals surface area contributed by atoms with Crippen LogP contribution in [0, 0.1) is 18.6 Å². The fourth-order valence-corrected chi connectivity index (χ4v) is 4.95. The average Bonchev–Trinajstić information content (AvgIpc) is 3.31. The Labute approximate surface area is 190 Å². The van der Waals surface area contributed by atoms with Crippen LogP contribution in [0.5, 0.6) is 0 Å². The molecule has 2 amide bonds. The molecule has 1 saturated heterocycles. The van der Waals surface area contributed by atoms with Gasteiger partial charge in [-0.2, -0.15) is 0 Å². The first kappa shape index (κ1) is 21.4. The molecule has 3 N–H and O–H groups in total. The van der Waals surface area contributed by atoms with Crippen molar-refractivity contribution in [3.63, 3.8) is 0 Å². The van der Waals surface area contributed by atoms with Gasteiger partial charge < -0.3 is 15.6 Å². The highest BCUT2D eigenvalue weighted by molar-refractivity contribution is 5.90. The molecular weight excluding hydrogens is 424 g/mol. The molecule has 1 aliphatic heterocycles. The van der Waals surface area contributed by atoms with E-state index in [1.807, 2.05) is 6.92 Å². The van der Waals surface area contributed by atoms with Crippen LogP contribution < -0.4 is 10.6 Å². The molecule has 2 aliphatic rings. The molecule has 3 aromatic rings. The monoisotopic (exact) mass is 449 g/mol. The van der Waals surface area contributed by atoms with Crippen LogP contribution in [0.15, 0.2) is 48.5 Å². The number of carbonyl (C=O) groups is 2. The van der Waals surface area contributed by atoms with Crippen molar-refractivity contribution in [2.45, 2.75) is 44.1 Å². The maximum atomic E-state index is 13.6. The minimum absolute atomic E-state index is 0.142. The summed E-state index contributed by atoms with van der Waals surface area (Å²) in [4.78, 5) is 28.3. The van der Waals surface area contributed by atoms with E-state index in [2.05, 4.69) is 15.6 Å². The summed E-state index contributed by atoms with van der Waals surface area (Å²) in [5.41, 5.74) is 5.02. The molecule has 1 unspecified atom stereocenters. The second kappa shape index (κ2) is 8.14. The van der Waals surface area contributed by atoms with Gasteiger partial charge in [0.25, 0.3) is 0 Å².